The van der Waals surface area contributed by atoms with Crippen LogP contribution in [0.15, 0.2) is 30.5 Å². The van der Waals surface area contributed by atoms with Crippen LogP contribution in [-0.4, -0.2) is 21.1 Å². The maximum Gasteiger partial charge on any atom is 0.255 e. The fourth-order valence-electron chi connectivity index (χ4n) is 2.11. The number of aryl methyl sites for hydroxylation is 2. The lowest BCUT2D eigenvalue weighted by molar-refractivity contribution is 0.102. The van der Waals surface area contributed by atoms with Crippen LogP contribution in [-0.2, 0) is 0 Å². The summed E-state index contributed by atoms with van der Waals surface area (Å²) >= 11 is 0. The van der Waals surface area contributed by atoms with Crippen LogP contribution in [0.5, 0.6) is 0 Å². The Bertz CT molecular complexity index is 734. The van der Waals surface area contributed by atoms with Gasteiger partial charge >= 0.3 is 0 Å². The maximum absolute atomic E-state index is 12.2. The van der Waals surface area contributed by atoms with Crippen LogP contribution in [0, 0.1) is 13.8 Å². The van der Waals surface area contributed by atoms with E-state index in [4.69, 9.17) is 0 Å². The van der Waals surface area contributed by atoms with Gasteiger partial charge in [0.05, 0.1) is 17.1 Å². The lowest BCUT2D eigenvalue weighted by atomic mass is 10.1. The molecule has 19 heavy (non-hydrogen) atoms. The number of nitrogens with zero attached hydrogens (tertiary/aromatic N) is 1. The first-order valence-electron chi connectivity index (χ1n) is 6.05. The van der Waals surface area contributed by atoms with Crippen molar-refractivity contribution < 1.29 is 4.79 Å². The van der Waals surface area contributed by atoms with E-state index >= 15 is 0 Å². The smallest absolute Gasteiger partial charge is 0.255 e. The quantitative estimate of drug-likeness (QED) is 0.658. The second-order valence-corrected chi connectivity index (χ2v) is 4.54. The number of rotatable bonds is 2. The molecule has 1 aromatic carbocycles. The molecule has 2 heterocycles. The predicted molar refractivity (Wildman–Crippen MR) is 74.3 cm³/mol. The number of carbonyl (C=O) groups is 1. The molecule has 1 amide bonds. The summed E-state index contributed by atoms with van der Waals surface area (Å²) in [6, 6.07) is 7.56. The first-order valence-corrected chi connectivity index (χ1v) is 6.05. The van der Waals surface area contributed by atoms with E-state index in [-0.39, 0.29) is 5.91 Å². The van der Waals surface area contributed by atoms with E-state index in [2.05, 4.69) is 20.5 Å². The van der Waals surface area contributed by atoms with Crippen LogP contribution in [0.4, 0.5) is 5.69 Å². The fourth-order valence-corrected chi connectivity index (χ4v) is 2.11. The highest BCUT2D eigenvalue weighted by Crippen LogP contribution is 2.19. The number of H-pyrrole nitrogens is 2. The second kappa shape index (κ2) is 4.28. The minimum atomic E-state index is -0.135. The summed E-state index contributed by atoms with van der Waals surface area (Å²) in [5.74, 6) is -0.135. The molecule has 0 aliphatic carbocycles. The van der Waals surface area contributed by atoms with E-state index in [0.29, 0.717) is 5.56 Å². The molecule has 0 aliphatic heterocycles. The summed E-state index contributed by atoms with van der Waals surface area (Å²) in [6.45, 7) is 3.73. The van der Waals surface area contributed by atoms with Crippen molar-refractivity contribution in [3.63, 3.8) is 0 Å². The molecule has 3 rings (SSSR count). The highest BCUT2D eigenvalue weighted by molar-refractivity contribution is 6.06. The summed E-state index contributed by atoms with van der Waals surface area (Å²) in [5, 5.41) is 10.9. The SMILES string of the molecule is Cc1n[nH]c(C)c1NC(=O)c1ccc2cc[nH]c2c1. The molecule has 0 radical (unpaired) electrons. The van der Waals surface area contributed by atoms with Crippen molar-refractivity contribution in [2.24, 2.45) is 0 Å². The van der Waals surface area contributed by atoms with Gasteiger partial charge in [0.15, 0.2) is 0 Å². The predicted octanol–water partition coefficient (Wildman–Crippen LogP) is 2.76. The molecule has 5 heteroatoms. The maximum atomic E-state index is 12.2. The van der Waals surface area contributed by atoms with Gasteiger partial charge in [0.2, 0.25) is 0 Å². The van der Waals surface area contributed by atoms with Crippen molar-refractivity contribution in [1.29, 1.82) is 0 Å². The first-order chi connectivity index (χ1) is 9.15. The van der Waals surface area contributed by atoms with Crippen LogP contribution in [0.1, 0.15) is 21.7 Å². The molecule has 0 saturated heterocycles. The van der Waals surface area contributed by atoms with Crippen molar-refractivity contribution in [3.8, 4) is 0 Å². The zero-order chi connectivity index (χ0) is 13.4. The average Bonchev–Trinajstić information content (AvgIpc) is 2.99. The number of aromatic amines is 2. The van der Waals surface area contributed by atoms with Crippen molar-refractivity contribution in [1.82, 2.24) is 15.2 Å². The summed E-state index contributed by atoms with van der Waals surface area (Å²) < 4.78 is 0. The molecular formula is C14H14N4O. The lowest BCUT2D eigenvalue weighted by Gasteiger charge is -2.05. The number of nitrogens with one attached hydrogen (secondary N) is 3. The second-order valence-electron chi connectivity index (χ2n) is 4.54. The highest BCUT2D eigenvalue weighted by Gasteiger charge is 2.12. The van der Waals surface area contributed by atoms with E-state index in [0.717, 1.165) is 28.0 Å². The molecule has 3 aromatic rings. The molecule has 0 aliphatic rings. The number of fused-ring (bicyclic) bond motifs is 1. The van der Waals surface area contributed by atoms with Gasteiger partial charge in [-0.3, -0.25) is 9.89 Å². The number of amides is 1. The molecule has 0 fully saturated rings. The number of benzene rings is 1. The zero-order valence-electron chi connectivity index (χ0n) is 10.7. The van der Waals surface area contributed by atoms with Crippen LogP contribution >= 0.6 is 0 Å². The van der Waals surface area contributed by atoms with E-state index in [1.54, 1.807) is 0 Å². The van der Waals surface area contributed by atoms with Crippen molar-refractivity contribution >= 4 is 22.5 Å². The molecule has 0 bridgehead atoms. The van der Waals surface area contributed by atoms with Crippen molar-refractivity contribution in [2.45, 2.75) is 13.8 Å². The fraction of sp³-hybridized carbons (Fsp3) is 0.143. The van der Waals surface area contributed by atoms with Gasteiger partial charge in [-0.1, -0.05) is 6.07 Å². The molecule has 0 unspecified atom stereocenters. The molecule has 0 spiro atoms. The Kier molecular flexibility index (Phi) is 2.59. The average molecular weight is 254 g/mol. The number of aromatic nitrogens is 3. The number of hydrogen-bond acceptors (Lipinski definition) is 2. The Balaban J connectivity index is 1.91. The third-order valence-electron chi connectivity index (χ3n) is 3.18. The molecule has 3 N–H and O–H groups in total. The largest absolute Gasteiger partial charge is 0.361 e. The van der Waals surface area contributed by atoms with Crippen LogP contribution in [0.25, 0.3) is 10.9 Å². The van der Waals surface area contributed by atoms with Gasteiger partial charge in [-0.15, -0.1) is 0 Å². The van der Waals surface area contributed by atoms with Gasteiger partial charge < -0.3 is 10.3 Å². The third kappa shape index (κ3) is 1.99. The van der Waals surface area contributed by atoms with Crippen LogP contribution in [0.2, 0.25) is 0 Å². The summed E-state index contributed by atoms with van der Waals surface area (Å²) in [7, 11) is 0. The Labute approximate surface area is 110 Å². The highest BCUT2D eigenvalue weighted by atomic mass is 16.1. The number of carbonyl (C=O) groups excluding carboxylic acids is 1. The van der Waals surface area contributed by atoms with Crippen LogP contribution < -0.4 is 5.32 Å². The van der Waals surface area contributed by atoms with Gasteiger partial charge in [0, 0.05) is 17.3 Å². The van der Waals surface area contributed by atoms with Gasteiger partial charge in [0.1, 0.15) is 0 Å². The molecule has 96 valence electrons. The van der Waals surface area contributed by atoms with E-state index in [1.807, 2.05) is 44.3 Å². The zero-order valence-corrected chi connectivity index (χ0v) is 10.7. The standard InChI is InChI=1S/C14H14N4O/c1-8-13(9(2)18-17-8)16-14(19)11-4-3-10-5-6-15-12(10)7-11/h3-7,15H,1-2H3,(H,16,19)(H,17,18). The van der Waals surface area contributed by atoms with Gasteiger partial charge in [-0.05, 0) is 37.4 Å². The topological polar surface area (TPSA) is 73.6 Å². The van der Waals surface area contributed by atoms with Crippen molar-refractivity contribution in [3.05, 3.63) is 47.4 Å². The Morgan fingerprint density at radius 3 is 2.84 bits per heavy atom. The number of anilines is 1. The molecule has 5 nitrogen and oxygen atoms in total. The monoisotopic (exact) mass is 254 g/mol. The summed E-state index contributed by atoms with van der Waals surface area (Å²) in [4.78, 5) is 15.3. The van der Waals surface area contributed by atoms with Gasteiger partial charge in [-0.2, -0.15) is 5.10 Å². The van der Waals surface area contributed by atoms with E-state index in [1.165, 1.54) is 0 Å². The minimum absolute atomic E-state index is 0.135. The molecule has 2 aromatic heterocycles. The Hall–Kier alpha value is -2.56. The normalized spacial score (nSPS) is 10.8. The number of hydrogen-bond donors (Lipinski definition) is 3. The lowest BCUT2D eigenvalue weighted by Crippen LogP contribution is -2.12. The Morgan fingerprint density at radius 1 is 1.26 bits per heavy atom. The van der Waals surface area contributed by atoms with Crippen molar-refractivity contribution in [2.75, 3.05) is 5.32 Å². The third-order valence-corrected chi connectivity index (χ3v) is 3.18. The van der Waals surface area contributed by atoms with Gasteiger partial charge in [0.25, 0.3) is 5.91 Å². The Morgan fingerprint density at radius 2 is 2.11 bits per heavy atom. The summed E-state index contributed by atoms with van der Waals surface area (Å²) in [5.41, 5.74) is 3.96. The molecule has 0 atom stereocenters. The van der Waals surface area contributed by atoms with Gasteiger partial charge in [-0.25, -0.2) is 0 Å². The summed E-state index contributed by atoms with van der Waals surface area (Å²) in [6.07, 6.45) is 1.86. The minimum Gasteiger partial charge on any atom is -0.361 e. The molecular weight excluding hydrogens is 240 g/mol. The van der Waals surface area contributed by atoms with E-state index < -0.39 is 0 Å². The molecule has 0 saturated carbocycles. The van der Waals surface area contributed by atoms with Crippen LogP contribution in [0.3, 0.4) is 0 Å². The first kappa shape index (κ1) is 11.5. The van der Waals surface area contributed by atoms with E-state index in [9.17, 15) is 4.79 Å².